The fourth-order valence-corrected chi connectivity index (χ4v) is 3.46. The van der Waals surface area contributed by atoms with Crippen LogP contribution in [-0.2, 0) is 28.6 Å². The molecule has 22 heavy (non-hydrogen) atoms. The molecule has 1 aliphatic rings. The van der Waals surface area contributed by atoms with Gasteiger partial charge in [-0.05, 0) is 38.3 Å². The van der Waals surface area contributed by atoms with Crippen molar-refractivity contribution in [2.45, 2.75) is 43.8 Å². The summed E-state index contributed by atoms with van der Waals surface area (Å²) < 4.78 is 39.7. The maximum Gasteiger partial charge on any atom is 0.336 e. The van der Waals surface area contributed by atoms with Crippen LogP contribution in [0, 0.1) is 6.92 Å². The largest absolute Gasteiger partial charge is 0.461 e. The van der Waals surface area contributed by atoms with Crippen LogP contribution in [-0.4, -0.2) is 39.8 Å². The third-order valence-corrected chi connectivity index (χ3v) is 4.94. The molecule has 0 spiro atoms. The third kappa shape index (κ3) is 4.28. The number of esters is 1. The first-order chi connectivity index (χ1) is 10.4. The summed E-state index contributed by atoms with van der Waals surface area (Å²) in [6, 6.07) is 6.43. The minimum Gasteiger partial charge on any atom is -0.461 e. The predicted molar refractivity (Wildman–Crippen MR) is 78.8 cm³/mol. The number of hydrogen-bond donors (Lipinski definition) is 0. The Bertz CT molecular complexity index is 619. The zero-order chi connectivity index (χ0) is 16.2. The van der Waals surface area contributed by atoms with Crippen LogP contribution in [0.4, 0.5) is 0 Å². The Hall–Kier alpha value is -1.44. The number of carbonyl (C=O) groups is 1. The maximum absolute atomic E-state index is 12.2. The molecule has 0 amide bonds. The van der Waals surface area contributed by atoms with Gasteiger partial charge in [-0.2, -0.15) is 8.42 Å². The molecule has 0 saturated carbocycles. The van der Waals surface area contributed by atoms with Crippen LogP contribution in [0.3, 0.4) is 0 Å². The Balaban J connectivity index is 1.93. The molecule has 1 saturated heterocycles. The highest BCUT2D eigenvalue weighted by molar-refractivity contribution is 7.86. The van der Waals surface area contributed by atoms with E-state index in [0.29, 0.717) is 12.2 Å². The van der Waals surface area contributed by atoms with E-state index in [1.54, 1.807) is 25.1 Å². The SMILES string of the molecule is Cc1ccccc1S(=O)(=O)O[C@@H](C)C(=O)OCC1CCCO1. The molecule has 1 aromatic rings. The summed E-state index contributed by atoms with van der Waals surface area (Å²) in [5.41, 5.74) is 0.558. The minimum absolute atomic E-state index is 0.0498. The third-order valence-electron chi connectivity index (χ3n) is 3.40. The van der Waals surface area contributed by atoms with Crippen molar-refractivity contribution in [1.82, 2.24) is 0 Å². The molecule has 1 fully saturated rings. The van der Waals surface area contributed by atoms with E-state index in [1.807, 2.05) is 0 Å². The normalized spacial score (nSPS) is 19.8. The zero-order valence-corrected chi connectivity index (χ0v) is 13.5. The van der Waals surface area contributed by atoms with Crippen LogP contribution in [0.1, 0.15) is 25.3 Å². The van der Waals surface area contributed by atoms with Crippen LogP contribution in [0.25, 0.3) is 0 Å². The van der Waals surface area contributed by atoms with E-state index in [1.165, 1.54) is 13.0 Å². The first kappa shape index (κ1) is 16.9. The second-order valence-electron chi connectivity index (χ2n) is 5.22. The average molecular weight is 328 g/mol. The number of rotatable bonds is 6. The van der Waals surface area contributed by atoms with Crippen LogP contribution >= 0.6 is 0 Å². The van der Waals surface area contributed by atoms with E-state index >= 15 is 0 Å². The van der Waals surface area contributed by atoms with Gasteiger partial charge in [0.1, 0.15) is 6.61 Å². The molecule has 1 unspecified atom stereocenters. The molecule has 0 bridgehead atoms. The monoisotopic (exact) mass is 328 g/mol. The van der Waals surface area contributed by atoms with Crippen LogP contribution in [0.5, 0.6) is 0 Å². The molecule has 122 valence electrons. The summed E-state index contributed by atoms with van der Waals surface area (Å²) in [5.74, 6) is -0.715. The summed E-state index contributed by atoms with van der Waals surface area (Å²) in [6.07, 6.45) is 0.468. The quantitative estimate of drug-likeness (QED) is 0.585. The molecule has 2 atom stereocenters. The van der Waals surface area contributed by atoms with Gasteiger partial charge in [-0.1, -0.05) is 18.2 Å². The topological polar surface area (TPSA) is 78.9 Å². The van der Waals surface area contributed by atoms with Gasteiger partial charge in [0.25, 0.3) is 10.1 Å². The van der Waals surface area contributed by atoms with Crippen LogP contribution < -0.4 is 0 Å². The minimum atomic E-state index is -4.00. The maximum atomic E-state index is 12.2. The molecule has 0 N–H and O–H groups in total. The van der Waals surface area contributed by atoms with Crippen molar-refractivity contribution in [1.29, 1.82) is 0 Å². The van der Waals surface area contributed by atoms with E-state index in [4.69, 9.17) is 13.7 Å². The molecular weight excluding hydrogens is 308 g/mol. The fraction of sp³-hybridized carbons (Fsp3) is 0.533. The summed E-state index contributed by atoms with van der Waals surface area (Å²) in [7, 11) is -4.00. The molecule has 1 aromatic carbocycles. The average Bonchev–Trinajstić information content (AvgIpc) is 2.97. The van der Waals surface area contributed by atoms with Crippen LogP contribution in [0.2, 0.25) is 0 Å². The van der Waals surface area contributed by atoms with Crippen molar-refractivity contribution in [3.8, 4) is 0 Å². The van der Waals surface area contributed by atoms with Gasteiger partial charge in [0, 0.05) is 6.61 Å². The highest BCUT2D eigenvalue weighted by atomic mass is 32.2. The Morgan fingerprint density at radius 3 is 2.77 bits per heavy atom. The van der Waals surface area contributed by atoms with E-state index in [2.05, 4.69) is 0 Å². The number of carbonyl (C=O) groups excluding carboxylic acids is 1. The van der Waals surface area contributed by atoms with E-state index in [-0.39, 0.29) is 17.6 Å². The number of benzene rings is 1. The van der Waals surface area contributed by atoms with E-state index < -0.39 is 22.2 Å². The first-order valence-corrected chi connectivity index (χ1v) is 8.58. The Kier molecular flexibility index (Phi) is 5.55. The van der Waals surface area contributed by atoms with Crippen molar-refractivity contribution >= 4 is 16.1 Å². The van der Waals surface area contributed by atoms with Crippen LogP contribution in [0.15, 0.2) is 29.2 Å². The lowest BCUT2D eigenvalue weighted by molar-refractivity contribution is -0.154. The van der Waals surface area contributed by atoms with Crippen molar-refractivity contribution in [3.05, 3.63) is 29.8 Å². The smallest absolute Gasteiger partial charge is 0.336 e. The van der Waals surface area contributed by atoms with Gasteiger partial charge in [0.05, 0.1) is 11.0 Å². The number of hydrogen-bond acceptors (Lipinski definition) is 6. The predicted octanol–water partition coefficient (Wildman–Crippen LogP) is 1.81. The van der Waals surface area contributed by atoms with Gasteiger partial charge < -0.3 is 9.47 Å². The molecule has 0 radical (unpaired) electrons. The van der Waals surface area contributed by atoms with Gasteiger partial charge in [0.2, 0.25) is 0 Å². The molecule has 0 aromatic heterocycles. The second kappa shape index (κ2) is 7.21. The van der Waals surface area contributed by atoms with Gasteiger partial charge in [0.15, 0.2) is 6.10 Å². The van der Waals surface area contributed by atoms with Gasteiger partial charge >= 0.3 is 5.97 Å². The Morgan fingerprint density at radius 1 is 1.41 bits per heavy atom. The lowest BCUT2D eigenvalue weighted by Gasteiger charge is -2.15. The van der Waals surface area contributed by atoms with Gasteiger partial charge in [-0.15, -0.1) is 0 Å². The zero-order valence-electron chi connectivity index (χ0n) is 12.7. The fourth-order valence-electron chi connectivity index (χ4n) is 2.19. The van der Waals surface area contributed by atoms with Crippen molar-refractivity contribution in [3.63, 3.8) is 0 Å². The second-order valence-corrected chi connectivity index (χ2v) is 6.76. The summed E-state index contributed by atoms with van der Waals surface area (Å²) >= 11 is 0. The van der Waals surface area contributed by atoms with Gasteiger partial charge in [-0.3, -0.25) is 4.18 Å². The molecule has 1 heterocycles. The standard InChI is InChI=1S/C15H20O6S/c1-11-6-3-4-8-14(11)22(17,18)21-12(2)15(16)20-10-13-7-5-9-19-13/h3-4,6,8,12-13H,5,7,9-10H2,1-2H3/t12-,13?/m0/s1. The Labute approximate surface area is 130 Å². The van der Waals surface area contributed by atoms with E-state index in [9.17, 15) is 13.2 Å². The van der Waals surface area contributed by atoms with Crippen molar-refractivity contribution in [2.24, 2.45) is 0 Å². The van der Waals surface area contributed by atoms with Crippen molar-refractivity contribution < 1.29 is 26.9 Å². The summed E-state index contributed by atoms with van der Waals surface area (Å²) in [6.45, 7) is 3.80. The molecular formula is C15H20O6S. The summed E-state index contributed by atoms with van der Waals surface area (Å²) in [5, 5.41) is 0. The lowest BCUT2D eigenvalue weighted by Crippen LogP contribution is -2.29. The molecule has 7 heteroatoms. The highest BCUT2D eigenvalue weighted by Crippen LogP contribution is 2.19. The number of ether oxygens (including phenoxy) is 2. The molecule has 2 rings (SSSR count). The van der Waals surface area contributed by atoms with E-state index in [0.717, 1.165) is 12.8 Å². The Morgan fingerprint density at radius 2 is 2.14 bits per heavy atom. The summed E-state index contributed by atoms with van der Waals surface area (Å²) in [4.78, 5) is 11.9. The highest BCUT2D eigenvalue weighted by Gasteiger charge is 2.27. The first-order valence-electron chi connectivity index (χ1n) is 7.17. The molecule has 6 nitrogen and oxygen atoms in total. The number of aryl methyl sites for hydroxylation is 1. The van der Waals surface area contributed by atoms with Crippen molar-refractivity contribution in [2.75, 3.05) is 13.2 Å². The lowest BCUT2D eigenvalue weighted by atomic mass is 10.2. The van der Waals surface area contributed by atoms with Gasteiger partial charge in [-0.25, -0.2) is 4.79 Å². The molecule has 1 aliphatic heterocycles. The molecule has 0 aliphatic carbocycles.